The van der Waals surface area contributed by atoms with Crippen molar-refractivity contribution in [2.75, 3.05) is 5.32 Å². The lowest BCUT2D eigenvalue weighted by molar-refractivity contribution is -0.114. The molecule has 0 bridgehead atoms. The summed E-state index contributed by atoms with van der Waals surface area (Å²) in [6.07, 6.45) is 4.40. The van der Waals surface area contributed by atoms with Crippen molar-refractivity contribution < 1.29 is 9.59 Å². The van der Waals surface area contributed by atoms with E-state index >= 15 is 0 Å². The van der Waals surface area contributed by atoms with Crippen LogP contribution in [0.5, 0.6) is 0 Å². The highest BCUT2D eigenvalue weighted by Crippen LogP contribution is 2.17. The monoisotopic (exact) mass is 370 g/mol. The second-order valence-corrected chi connectivity index (χ2v) is 6.85. The van der Waals surface area contributed by atoms with Crippen molar-refractivity contribution in [3.05, 3.63) is 41.5 Å². The number of anilines is 1. The minimum Gasteiger partial charge on any atom is -0.332 e. The van der Waals surface area contributed by atoms with Gasteiger partial charge in [-0.1, -0.05) is 18.6 Å². The minimum atomic E-state index is -0.265. The average Bonchev–Trinajstić information content (AvgIpc) is 2.86. The molecule has 2 heterocycles. The van der Waals surface area contributed by atoms with E-state index in [0.29, 0.717) is 12.2 Å². The number of rotatable bonds is 5. The molecule has 1 aliphatic heterocycles. The van der Waals surface area contributed by atoms with Crippen LogP contribution in [-0.4, -0.2) is 26.7 Å². The van der Waals surface area contributed by atoms with Crippen molar-refractivity contribution in [2.45, 2.75) is 58.7 Å². The number of urea groups is 1. The molecule has 144 valence electrons. The number of benzene rings is 1. The SMILES string of the molecule is CC(=O)Nc1cccc([C@@H](C)NC(=O)NCc2nnc3n2CCCCC3)c1. The third-order valence-electron chi connectivity index (χ3n) is 4.65. The Hall–Kier alpha value is -2.90. The van der Waals surface area contributed by atoms with Gasteiger partial charge in [0.2, 0.25) is 5.91 Å². The van der Waals surface area contributed by atoms with Crippen molar-refractivity contribution in [3.8, 4) is 0 Å². The fourth-order valence-corrected chi connectivity index (χ4v) is 3.26. The van der Waals surface area contributed by atoms with E-state index < -0.39 is 0 Å². The van der Waals surface area contributed by atoms with Crippen molar-refractivity contribution in [2.24, 2.45) is 0 Å². The van der Waals surface area contributed by atoms with Crippen LogP contribution in [0.3, 0.4) is 0 Å². The number of fused-ring (bicyclic) bond motifs is 1. The van der Waals surface area contributed by atoms with Crippen LogP contribution >= 0.6 is 0 Å². The molecule has 3 amide bonds. The van der Waals surface area contributed by atoms with E-state index in [1.54, 1.807) is 0 Å². The quantitative estimate of drug-likeness (QED) is 0.753. The zero-order chi connectivity index (χ0) is 19.2. The molecular weight excluding hydrogens is 344 g/mol. The number of aryl methyl sites for hydroxylation is 1. The van der Waals surface area contributed by atoms with Gasteiger partial charge in [0.15, 0.2) is 5.82 Å². The van der Waals surface area contributed by atoms with Gasteiger partial charge < -0.3 is 20.5 Å². The predicted molar refractivity (Wildman–Crippen MR) is 102 cm³/mol. The normalized spacial score (nSPS) is 14.6. The van der Waals surface area contributed by atoms with E-state index in [4.69, 9.17) is 0 Å². The molecule has 8 heteroatoms. The molecule has 0 fully saturated rings. The Morgan fingerprint density at radius 2 is 2.07 bits per heavy atom. The number of hydrogen-bond donors (Lipinski definition) is 3. The van der Waals surface area contributed by atoms with Gasteiger partial charge in [0.05, 0.1) is 12.6 Å². The summed E-state index contributed by atoms with van der Waals surface area (Å²) in [6, 6.07) is 6.96. The maximum atomic E-state index is 12.3. The summed E-state index contributed by atoms with van der Waals surface area (Å²) in [6.45, 7) is 4.62. The second-order valence-electron chi connectivity index (χ2n) is 6.85. The molecule has 2 aromatic rings. The smallest absolute Gasteiger partial charge is 0.315 e. The maximum absolute atomic E-state index is 12.3. The van der Waals surface area contributed by atoms with Crippen molar-refractivity contribution in [3.63, 3.8) is 0 Å². The molecule has 0 radical (unpaired) electrons. The molecule has 0 saturated carbocycles. The van der Waals surface area contributed by atoms with Crippen LogP contribution in [0.4, 0.5) is 10.5 Å². The summed E-state index contributed by atoms with van der Waals surface area (Å²) < 4.78 is 2.12. The highest BCUT2D eigenvalue weighted by atomic mass is 16.2. The fraction of sp³-hybridized carbons (Fsp3) is 0.474. The summed E-state index contributed by atoms with van der Waals surface area (Å²) in [7, 11) is 0. The van der Waals surface area contributed by atoms with Gasteiger partial charge in [-0.05, 0) is 37.5 Å². The van der Waals surface area contributed by atoms with E-state index in [1.165, 1.54) is 13.3 Å². The number of nitrogens with zero attached hydrogens (tertiary/aromatic N) is 3. The van der Waals surface area contributed by atoms with Crippen molar-refractivity contribution in [1.29, 1.82) is 0 Å². The van der Waals surface area contributed by atoms with Gasteiger partial charge in [-0.15, -0.1) is 10.2 Å². The topological polar surface area (TPSA) is 101 Å². The van der Waals surface area contributed by atoms with Crippen LogP contribution in [0.15, 0.2) is 24.3 Å². The van der Waals surface area contributed by atoms with E-state index in [0.717, 1.165) is 43.0 Å². The van der Waals surface area contributed by atoms with E-state index in [2.05, 4.69) is 30.7 Å². The minimum absolute atomic E-state index is 0.127. The van der Waals surface area contributed by atoms with Gasteiger partial charge in [0.25, 0.3) is 0 Å². The Morgan fingerprint density at radius 3 is 2.89 bits per heavy atom. The van der Waals surface area contributed by atoms with Crippen LogP contribution in [0.1, 0.15) is 56.4 Å². The Balaban J connectivity index is 1.55. The maximum Gasteiger partial charge on any atom is 0.315 e. The summed E-state index contributed by atoms with van der Waals surface area (Å²) >= 11 is 0. The lowest BCUT2D eigenvalue weighted by Crippen LogP contribution is -2.37. The molecule has 0 unspecified atom stereocenters. The van der Waals surface area contributed by atoms with Crippen LogP contribution in [0.25, 0.3) is 0 Å². The summed E-state index contributed by atoms with van der Waals surface area (Å²) in [5, 5.41) is 17.0. The first-order chi connectivity index (χ1) is 13.0. The molecule has 1 aromatic carbocycles. The van der Waals surface area contributed by atoms with Gasteiger partial charge in [-0.25, -0.2) is 4.79 Å². The van der Waals surface area contributed by atoms with E-state index in [-0.39, 0.29) is 18.0 Å². The Morgan fingerprint density at radius 1 is 1.22 bits per heavy atom. The molecule has 0 aliphatic carbocycles. The second kappa shape index (κ2) is 8.66. The van der Waals surface area contributed by atoms with Crippen LogP contribution < -0.4 is 16.0 Å². The van der Waals surface area contributed by atoms with Gasteiger partial charge in [0.1, 0.15) is 5.82 Å². The number of aromatic nitrogens is 3. The summed E-state index contributed by atoms with van der Waals surface area (Å²) in [5.74, 6) is 1.67. The van der Waals surface area contributed by atoms with Crippen molar-refractivity contribution in [1.82, 2.24) is 25.4 Å². The van der Waals surface area contributed by atoms with Gasteiger partial charge in [-0.3, -0.25) is 4.79 Å². The summed E-state index contributed by atoms with van der Waals surface area (Å²) in [4.78, 5) is 23.5. The Bertz CT molecular complexity index is 816. The van der Waals surface area contributed by atoms with E-state index in [1.807, 2.05) is 31.2 Å². The number of hydrogen-bond acceptors (Lipinski definition) is 4. The molecule has 3 rings (SSSR count). The van der Waals surface area contributed by atoms with E-state index in [9.17, 15) is 9.59 Å². The molecule has 1 aromatic heterocycles. The fourth-order valence-electron chi connectivity index (χ4n) is 3.26. The molecule has 27 heavy (non-hydrogen) atoms. The average molecular weight is 370 g/mol. The zero-order valence-electron chi connectivity index (χ0n) is 15.8. The molecular formula is C19H26N6O2. The van der Waals surface area contributed by atoms with Crippen LogP contribution in [0, 0.1) is 0 Å². The molecule has 1 aliphatic rings. The highest BCUT2D eigenvalue weighted by molar-refractivity contribution is 5.88. The molecule has 0 spiro atoms. The Kier molecular flexibility index (Phi) is 6.05. The Labute approximate surface area is 158 Å². The first-order valence-corrected chi connectivity index (χ1v) is 9.36. The first-order valence-electron chi connectivity index (χ1n) is 9.36. The number of carbonyl (C=O) groups excluding carboxylic acids is 2. The molecule has 3 N–H and O–H groups in total. The first kappa shape index (κ1) is 18.9. The standard InChI is InChI=1S/C19H26N6O2/c1-13(15-7-6-8-16(11-15)22-14(2)26)21-19(27)20-12-18-24-23-17-9-4-3-5-10-25(17)18/h6-8,11,13H,3-5,9-10,12H2,1-2H3,(H,22,26)(H2,20,21,27)/t13-/m1/s1. The molecule has 8 nitrogen and oxygen atoms in total. The lowest BCUT2D eigenvalue weighted by Gasteiger charge is -2.16. The highest BCUT2D eigenvalue weighted by Gasteiger charge is 2.16. The third-order valence-corrected chi connectivity index (χ3v) is 4.65. The number of carbonyl (C=O) groups is 2. The number of amides is 3. The molecule has 0 saturated heterocycles. The number of nitrogens with one attached hydrogen (secondary N) is 3. The molecule has 1 atom stereocenters. The van der Waals surface area contributed by atoms with Gasteiger partial charge >= 0.3 is 6.03 Å². The van der Waals surface area contributed by atoms with Crippen molar-refractivity contribution >= 4 is 17.6 Å². The summed E-state index contributed by atoms with van der Waals surface area (Å²) in [5.41, 5.74) is 1.62. The van der Waals surface area contributed by atoms with Crippen LogP contribution in [-0.2, 0) is 24.3 Å². The predicted octanol–water partition coefficient (Wildman–Crippen LogP) is 2.52. The zero-order valence-corrected chi connectivity index (χ0v) is 15.8. The lowest BCUT2D eigenvalue weighted by atomic mass is 10.1. The third kappa shape index (κ3) is 5.06. The van der Waals surface area contributed by atoms with Gasteiger partial charge in [-0.2, -0.15) is 0 Å². The van der Waals surface area contributed by atoms with Crippen LogP contribution in [0.2, 0.25) is 0 Å². The van der Waals surface area contributed by atoms with Gasteiger partial charge in [0, 0.05) is 25.6 Å². The largest absolute Gasteiger partial charge is 0.332 e.